The van der Waals surface area contributed by atoms with Gasteiger partial charge in [-0.2, -0.15) is 0 Å². The Balaban J connectivity index is 1.77. The van der Waals surface area contributed by atoms with Gasteiger partial charge in [0.25, 0.3) is 0 Å². The molecule has 0 aliphatic rings. The third-order valence-corrected chi connectivity index (χ3v) is 3.74. The summed E-state index contributed by atoms with van der Waals surface area (Å²) >= 11 is 0. The Kier molecular flexibility index (Phi) is 2.57. The molecule has 0 unspecified atom stereocenters. The first-order chi connectivity index (χ1) is 10.2. The van der Waals surface area contributed by atoms with Gasteiger partial charge < -0.3 is 9.55 Å². The van der Waals surface area contributed by atoms with E-state index in [0.29, 0.717) is 11.9 Å². The Bertz CT molecular complexity index is 950. The van der Waals surface area contributed by atoms with E-state index in [1.54, 1.807) is 18.2 Å². The Morgan fingerprint density at radius 1 is 1.00 bits per heavy atom. The van der Waals surface area contributed by atoms with Crippen LogP contribution in [0.5, 0.6) is 0 Å². The topological polar surface area (TPSA) is 20.7 Å². The second-order valence-electron chi connectivity index (χ2n) is 5.14. The Hall–Kier alpha value is -2.62. The molecule has 4 heteroatoms. The third-order valence-electron chi connectivity index (χ3n) is 3.74. The number of halogens is 2. The van der Waals surface area contributed by atoms with Crippen molar-refractivity contribution in [3.8, 4) is 0 Å². The van der Waals surface area contributed by atoms with Crippen molar-refractivity contribution in [3.63, 3.8) is 0 Å². The van der Waals surface area contributed by atoms with Crippen LogP contribution in [0.4, 0.5) is 8.78 Å². The lowest BCUT2D eigenvalue weighted by molar-refractivity contribution is 0.629. The summed E-state index contributed by atoms with van der Waals surface area (Å²) in [5, 5.41) is 1.58. The van der Waals surface area contributed by atoms with Gasteiger partial charge in [-0.05, 0) is 47.9 Å². The molecule has 2 aromatic carbocycles. The molecule has 2 nitrogen and oxygen atoms in total. The maximum atomic E-state index is 13.7. The fourth-order valence-corrected chi connectivity index (χ4v) is 2.75. The predicted molar refractivity (Wildman–Crippen MR) is 79.3 cm³/mol. The number of nitrogens with zero attached hydrogens (tertiary/aromatic N) is 1. The molecular weight excluding hydrogens is 270 g/mol. The summed E-state index contributed by atoms with van der Waals surface area (Å²) in [6.07, 6.45) is 1.86. The zero-order valence-corrected chi connectivity index (χ0v) is 11.1. The molecule has 1 N–H and O–H groups in total. The van der Waals surface area contributed by atoms with Crippen LogP contribution in [-0.2, 0) is 6.54 Å². The molecule has 0 aliphatic carbocycles. The molecular formula is C17H12F2N2. The smallest absolute Gasteiger partial charge is 0.132 e. The Morgan fingerprint density at radius 3 is 2.81 bits per heavy atom. The van der Waals surface area contributed by atoms with E-state index in [2.05, 4.69) is 4.98 Å². The molecule has 0 fully saturated rings. The van der Waals surface area contributed by atoms with Gasteiger partial charge in [-0.1, -0.05) is 6.07 Å². The van der Waals surface area contributed by atoms with Gasteiger partial charge in [-0.3, -0.25) is 0 Å². The summed E-state index contributed by atoms with van der Waals surface area (Å²) in [5.74, 6) is -0.477. The van der Waals surface area contributed by atoms with Crippen LogP contribution in [0.1, 0.15) is 5.69 Å². The molecule has 21 heavy (non-hydrogen) atoms. The van der Waals surface area contributed by atoms with Crippen LogP contribution in [-0.4, -0.2) is 9.55 Å². The lowest BCUT2D eigenvalue weighted by Gasteiger charge is -2.03. The van der Waals surface area contributed by atoms with Gasteiger partial charge in [0.05, 0.1) is 12.1 Å². The van der Waals surface area contributed by atoms with Crippen LogP contribution in [0.3, 0.4) is 0 Å². The average Bonchev–Trinajstić information content (AvgIpc) is 3.04. The number of hydrogen-bond acceptors (Lipinski definition) is 0. The van der Waals surface area contributed by atoms with Gasteiger partial charge in [-0.25, -0.2) is 8.78 Å². The Morgan fingerprint density at radius 2 is 1.90 bits per heavy atom. The molecule has 0 radical (unpaired) electrons. The van der Waals surface area contributed by atoms with Crippen LogP contribution >= 0.6 is 0 Å². The van der Waals surface area contributed by atoms with E-state index in [-0.39, 0.29) is 11.6 Å². The predicted octanol–water partition coefficient (Wildman–Crippen LogP) is 4.45. The van der Waals surface area contributed by atoms with E-state index in [0.717, 1.165) is 22.1 Å². The van der Waals surface area contributed by atoms with Crippen molar-refractivity contribution < 1.29 is 8.78 Å². The summed E-state index contributed by atoms with van der Waals surface area (Å²) in [7, 11) is 0. The minimum absolute atomic E-state index is 0.218. The number of rotatable bonds is 2. The maximum absolute atomic E-state index is 13.7. The van der Waals surface area contributed by atoms with Gasteiger partial charge in [0.15, 0.2) is 0 Å². The zero-order chi connectivity index (χ0) is 14.4. The van der Waals surface area contributed by atoms with Crippen molar-refractivity contribution in [2.24, 2.45) is 0 Å². The second-order valence-corrected chi connectivity index (χ2v) is 5.14. The zero-order valence-electron chi connectivity index (χ0n) is 11.1. The monoisotopic (exact) mass is 282 g/mol. The van der Waals surface area contributed by atoms with Crippen molar-refractivity contribution in [2.75, 3.05) is 0 Å². The number of H-pyrrole nitrogens is 1. The lowest BCUT2D eigenvalue weighted by Crippen LogP contribution is -1.97. The van der Waals surface area contributed by atoms with E-state index in [9.17, 15) is 8.78 Å². The summed E-state index contributed by atoms with van der Waals surface area (Å²) < 4.78 is 28.9. The van der Waals surface area contributed by atoms with Crippen LogP contribution in [0.15, 0.2) is 54.7 Å². The van der Waals surface area contributed by atoms with Gasteiger partial charge in [0.1, 0.15) is 11.6 Å². The molecule has 2 heterocycles. The fourth-order valence-electron chi connectivity index (χ4n) is 2.75. The van der Waals surface area contributed by atoms with Gasteiger partial charge in [-0.15, -0.1) is 0 Å². The third kappa shape index (κ3) is 2.00. The van der Waals surface area contributed by atoms with Gasteiger partial charge in [0, 0.05) is 22.8 Å². The molecule has 0 amide bonds. The summed E-state index contributed by atoms with van der Waals surface area (Å²) in [6, 6.07) is 13.5. The molecule has 0 spiro atoms. The highest BCUT2D eigenvalue weighted by atomic mass is 19.1. The highest BCUT2D eigenvalue weighted by molar-refractivity contribution is 5.82. The maximum Gasteiger partial charge on any atom is 0.132 e. The number of hydrogen-bond donors (Lipinski definition) is 1. The van der Waals surface area contributed by atoms with E-state index in [1.165, 1.54) is 18.2 Å². The van der Waals surface area contributed by atoms with Crippen LogP contribution < -0.4 is 0 Å². The van der Waals surface area contributed by atoms with Gasteiger partial charge >= 0.3 is 0 Å². The fraction of sp³-hybridized carbons (Fsp3) is 0.0588. The average molecular weight is 282 g/mol. The van der Waals surface area contributed by atoms with Crippen molar-refractivity contribution in [2.45, 2.75) is 6.54 Å². The number of aromatic amines is 1. The van der Waals surface area contributed by atoms with E-state index in [1.807, 2.05) is 22.9 Å². The summed E-state index contributed by atoms with van der Waals surface area (Å²) in [6.45, 7) is 0.587. The largest absolute Gasteiger partial charge is 0.357 e. The first kappa shape index (κ1) is 12.1. The molecule has 0 bridgehead atoms. The minimum atomic E-state index is -0.260. The molecule has 0 saturated carbocycles. The van der Waals surface area contributed by atoms with Crippen molar-refractivity contribution in [1.29, 1.82) is 0 Å². The molecule has 104 valence electrons. The SMILES string of the molecule is Fc1ccc2cc(Cn3ccc4c(F)cccc43)[nH]c2c1. The molecule has 0 atom stereocenters. The number of nitrogens with one attached hydrogen (secondary N) is 1. The van der Waals surface area contributed by atoms with Gasteiger partial charge in [0.2, 0.25) is 0 Å². The second kappa shape index (κ2) is 4.45. The number of benzene rings is 2. The van der Waals surface area contributed by atoms with Crippen molar-refractivity contribution >= 4 is 21.8 Å². The first-order valence-corrected chi connectivity index (χ1v) is 6.71. The highest BCUT2D eigenvalue weighted by Crippen LogP contribution is 2.22. The summed E-state index contributed by atoms with van der Waals surface area (Å²) in [4.78, 5) is 3.20. The standard InChI is InChI=1S/C17H12F2N2/c18-12-5-4-11-8-13(20-16(11)9-12)10-21-7-6-14-15(19)2-1-3-17(14)21/h1-9,20H,10H2. The molecule has 4 aromatic rings. The minimum Gasteiger partial charge on any atom is -0.357 e. The van der Waals surface area contributed by atoms with Crippen molar-refractivity contribution in [1.82, 2.24) is 9.55 Å². The molecule has 4 rings (SSSR count). The lowest BCUT2D eigenvalue weighted by atomic mass is 10.2. The number of fused-ring (bicyclic) bond motifs is 2. The molecule has 0 saturated heterocycles. The summed E-state index contributed by atoms with van der Waals surface area (Å²) in [5.41, 5.74) is 2.57. The van der Waals surface area contributed by atoms with Crippen molar-refractivity contribution in [3.05, 3.63) is 72.1 Å². The van der Waals surface area contributed by atoms with E-state index in [4.69, 9.17) is 0 Å². The number of aromatic nitrogens is 2. The van der Waals surface area contributed by atoms with E-state index < -0.39 is 0 Å². The normalized spacial score (nSPS) is 11.5. The van der Waals surface area contributed by atoms with Crippen LogP contribution in [0.2, 0.25) is 0 Å². The quantitative estimate of drug-likeness (QED) is 0.561. The van der Waals surface area contributed by atoms with E-state index >= 15 is 0 Å². The van der Waals surface area contributed by atoms with Crippen LogP contribution in [0, 0.1) is 11.6 Å². The Labute approximate surface area is 119 Å². The first-order valence-electron chi connectivity index (χ1n) is 6.71. The molecule has 0 aliphatic heterocycles. The highest BCUT2D eigenvalue weighted by Gasteiger charge is 2.07. The van der Waals surface area contributed by atoms with Crippen LogP contribution in [0.25, 0.3) is 21.8 Å². The molecule has 2 aromatic heterocycles.